The molecule has 0 saturated carbocycles. The summed E-state index contributed by atoms with van der Waals surface area (Å²) in [5, 5.41) is 29.1. The molecule has 0 aliphatic carbocycles. The van der Waals surface area contributed by atoms with E-state index < -0.39 is 17.8 Å². The first kappa shape index (κ1) is 16.6. The zero-order chi connectivity index (χ0) is 16.5. The van der Waals surface area contributed by atoms with E-state index in [2.05, 4.69) is 0 Å². The third-order valence-electron chi connectivity index (χ3n) is 3.18. The van der Waals surface area contributed by atoms with Gasteiger partial charge in [-0.3, -0.25) is 0 Å². The maximum absolute atomic E-state index is 12.5. The van der Waals surface area contributed by atoms with Crippen molar-refractivity contribution in [2.24, 2.45) is 0 Å². The van der Waals surface area contributed by atoms with E-state index in [1.54, 1.807) is 0 Å². The minimum atomic E-state index is -4.47. The van der Waals surface area contributed by atoms with Crippen LogP contribution in [0.15, 0.2) is 36.4 Å². The lowest BCUT2D eigenvalue weighted by Crippen LogP contribution is -2.06. The van der Waals surface area contributed by atoms with Crippen LogP contribution >= 0.6 is 11.6 Å². The molecule has 0 radical (unpaired) electrons. The van der Waals surface area contributed by atoms with Crippen molar-refractivity contribution in [2.75, 3.05) is 0 Å². The molecule has 3 N–H and O–H groups in total. The normalized spacial score (nSPS) is 13.2. The molecule has 2 aromatic carbocycles. The molecule has 0 aromatic heterocycles. The predicted octanol–water partition coefficient (Wildman–Crippen LogP) is 3.64. The molecule has 0 fully saturated rings. The molecular formula is C15H12ClF3O3. The van der Waals surface area contributed by atoms with Crippen molar-refractivity contribution < 1.29 is 28.5 Å². The number of aliphatic hydroxyl groups is 2. The van der Waals surface area contributed by atoms with Gasteiger partial charge in [-0.2, -0.15) is 13.2 Å². The minimum absolute atomic E-state index is 0.0106. The van der Waals surface area contributed by atoms with Gasteiger partial charge in [-0.25, -0.2) is 0 Å². The standard InChI is InChI=1S/C15H12ClF3O3/c16-11-5-8(7-20)6-12(21)13(11)14(22)9-1-3-10(4-2-9)15(17,18)19/h1-6,14,20-22H,7H2. The monoisotopic (exact) mass is 332 g/mol. The van der Waals surface area contributed by atoms with Crippen molar-refractivity contribution in [2.45, 2.75) is 18.9 Å². The fraction of sp³-hybridized carbons (Fsp3) is 0.200. The van der Waals surface area contributed by atoms with Crippen LogP contribution in [0.5, 0.6) is 5.75 Å². The summed E-state index contributed by atoms with van der Waals surface area (Å²) in [6, 6.07) is 6.50. The molecular weight excluding hydrogens is 321 g/mol. The van der Waals surface area contributed by atoms with Crippen molar-refractivity contribution >= 4 is 11.6 Å². The van der Waals surface area contributed by atoms with Gasteiger partial charge in [0.2, 0.25) is 0 Å². The Kier molecular flexibility index (Phi) is 4.65. The molecule has 0 spiro atoms. The fourth-order valence-electron chi connectivity index (χ4n) is 2.04. The van der Waals surface area contributed by atoms with Gasteiger partial charge in [0.1, 0.15) is 11.9 Å². The van der Waals surface area contributed by atoms with Crippen LogP contribution in [0, 0.1) is 0 Å². The quantitative estimate of drug-likeness (QED) is 0.804. The number of benzene rings is 2. The Balaban J connectivity index is 2.38. The van der Waals surface area contributed by atoms with Crippen LogP contribution < -0.4 is 0 Å². The zero-order valence-corrected chi connectivity index (χ0v) is 11.9. The summed E-state index contributed by atoms with van der Waals surface area (Å²) in [6.07, 6.45) is -5.85. The van der Waals surface area contributed by atoms with Crippen LogP contribution in [0.2, 0.25) is 5.02 Å². The minimum Gasteiger partial charge on any atom is -0.507 e. The summed E-state index contributed by atoms with van der Waals surface area (Å²) in [5.41, 5.74) is -0.360. The van der Waals surface area contributed by atoms with Crippen LogP contribution in [0.25, 0.3) is 0 Å². The Morgan fingerprint density at radius 1 is 1.09 bits per heavy atom. The van der Waals surface area contributed by atoms with Gasteiger partial charge in [0.15, 0.2) is 0 Å². The van der Waals surface area contributed by atoms with E-state index in [-0.39, 0.29) is 28.5 Å². The molecule has 1 unspecified atom stereocenters. The van der Waals surface area contributed by atoms with Crippen LogP contribution in [-0.2, 0) is 12.8 Å². The summed E-state index contributed by atoms with van der Waals surface area (Å²) in [6.45, 7) is -0.343. The Bertz CT molecular complexity index is 646. The van der Waals surface area contributed by atoms with Crippen LogP contribution in [-0.4, -0.2) is 15.3 Å². The molecule has 118 valence electrons. The average molecular weight is 333 g/mol. The number of halogens is 4. The second-order valence-electron chi connectivity index (χ2n) is 4.69. The number of alkyl halides is 3. The molecule has 0 amide bonds. The number of hydrogen-bond donors (Lipinski definition) is 3. The number of rotatable bonds is 3. The topological polar surface area (TPSA) is 60.7 Å². The van der Waals surface area contributed by atoms with Gasteiger partial charge >= 0.3 is 6.18 Å². The van der Waals surface area contributed by atoms with Crippen LogP contribution in [0.3, 0.4) is 0 Å². The summed E-state index contributed by atoms with van der Waals surface area (Å²) in [5.74, 6) is -0.344. The smallest absolute Gasteiger partial charge is 0.416 e. The third-order valence-corrected chi connectivity index (χ3v) is 3.49. The van der Waals surface area contributed by atoms with Gasteiger partial charge in [0, 0.05) is 5.56 Å². The highest BCUT2D eigenvalue weighted by Crippen LogP contribution is 2.37. The van der Waals surface area contributed by atoms with E-state index in [9.17, 15) is 23.4 Å². The van der Waals surface area contributed by atoms with E-state index in [1.807, 2.05) is 0 Å². The molecule has 22 heavy (non-hydrogen) atoms. The highest BCUT2D eigenvalue weighted by atomic mass is 35.5. The van der Waals surface area contributed by atoms with Crippen molar-refractivity contribution in [3.8, 4) is 5.75 Å². The van der Waals surface area contributed by atoms with Crippen molar-refractivity contribution in [3.05, 3.63) is 63.7 Å². The van der Waals surface area contributed by atoms with E-state index in [4.69, 9.17) is 16.7 Å². The highest BCUT2D eigenvalue weighted by molar-refractivity contribution is 6.31. The predicted molar refractivity (Wildman–Crippen MR) is 74.5 cm³/mol. The molecule has 0 bridgehead atoms. The lowest BCUT2D eigenvalue weighted by atomic mass is 9.98. The Morgan fingerprint density at radius 2 is 1.68 bits per heavy atom. The number of phenolic OH excluding ortho intramolecular Hbond substituents is 1. The van der Waals surface area contributed by atoms with E-state index in [1.165, 1.54) is 12.1 Å². The summed E-state index contributed by atoms with van der Waals surface area (Å²) < 4.78 is 37.5. The van der Waals surface area contributed by atoms with Crippen LogP contribution in [0.1, 0.15) is 28.4 Å². The molecule has 0 aliphatic rings. The maximum Gasteiger partial charge on any atom is 0.416 e. The number of aromatic hydroxyl groups is 1. The molecule has 0 saturated heterocycles. The maximum atomic E-state index is 12.5. The van der Waals surface area contributed by atoms with Gasteiger partial charge in [0.25, 0.3) is 0 Å². The lowest BCUT2D eigenvalue weighted by Gasteiger charge is -2.16. The van der Waals surface area contributed by atoms with Gasteiger partial charge < -0.3 is 15.3 Å². The number of aliphatic hydroxyl groups excluding tert-OH is 2. The molecule has 0 aliphatic heterocycles. The number of phenols is 1. The summed E-state index contributed by atoms with van der Waals surface area (Å²) in [4.78, 5) is 0. The Labute approximate surface area is 129 Å². The highest BCUT2D eigenvalue weighted by Gasteiger charge is 2.30. The SMILES string of the molecule is OCc1cc(O)c(C(O)c2ccc(C(F)(F)F)cc2)c(Cl)c1. The van der Waals surface area contributed by atoms with E-state index >= 15 is 0 Å². The third kappa shape index (κ3) is 3.35. The molecule has 2 rings (SSSR count). The number of hydrogen-bond acceptors (Lipinski definition) is 3. The second-order valence-corrected chi connectivity index (χ2v) is 5.10. The average Bonchev–Trinajstić information content (AvgIpc) is 2.45. The largest absolute Gasteiger partial charge is 0.507 e. The first-order valence-corrected chi connectivity index (χ1v) is 6.59. The zero-order valence-electron chi connectivity index (χ0n) is 11.1. The van der Waals surface area contributed by atoms with E-state index in [0.29, 0.717) is 5.56 Å². The molecule has 7 heteroatoms. The van der Waals surface area contributed by atoms with E-state index in [0.717, 1.165) is 24.3 Å². The first-order chi connectivity index (χ1) is 10.2. The fourth-order valence-corrected chi connectivity index (χ4v) is 2.38. The van der Waals surface area contributed by atoms with Crippen LogP contribution in [0.4, 0.5) is 13.2 Å². The van der Waals surface area contributed by atoms with Gasteiger partial charge in [-0.1, -0.05) is 23.7 Å². The first-order valence-electron chi connectivity index (χ1n) is 6.21. The second kappa shape index (κ2) is 6.16. The molecule has 1 atom stereocenters. The molecule has 3 nitrogen and oxygen atoms in total. The molecule has 2 aromatic rings. The molecule has 0 heterocycles. The van der Waals surface area contributed by atoms with Gasteiger partial charge in [-0.05, 0) is 35.4 Å². The van der Waals surface area contributed by atoms with Gasteiger partial charge in [-0.15, -0.1) is 0 Å². The van der Waals surface area contributed by atoms with Crippen molar-refractivity contribution in [1.29, 1.82) is 0 Å². The Hall–Kier alpha value is -1.76. The van der Waals surface area contributed by atoms with Crippen molar-refractivity contribution in [1.82, 2.24) is 0 Å². The summed E-state index contributed by atoms with van der Waals surface area (Å²) in [7, 11) is 0. The Morgan fingerprint density at radius 3 is 2.14 bits per heavy atom. The summed E-state index contributed by atoms with van der Waals surface area (Å²) >= 11 is 5.95. The lowest BCUT2D eigenvalue weighted by molar-refractivity contribution is -0.137. The van der Waals surface area contributed by atoms with Crippen molar-refractivity contribution in [3.63, 3.8) is 0 Å². The van der Waals surface area contributed by atoms with Gasteiger partial charge in [0.05, 0.1) is 17.2 Å².